The van der Waals surface area contributed by atoms with E-state index in [-0.39, 0.29) is 5.92 Å². The van der Waals surface area contributed by atoms with E-state index >= 15 is 0 Å². The second kappa shape index (κ2) is 4.31. The molecule has 0 aliphatic carbocycles. The zero-order valence-corrected chi connectivity index (χ0v) is 11.0. The third kappa shape index (κ3) is 2.05. The summed E-state index contributed by atoms with van der Waals surface area (Å²) in [6.07, 6.45) is 0. The Balaban J connectivity index is 2.56. The zero-order valence-electron chi connectivity index (χ0n) is 9.46. The van der Waals surface area contributed by atoms with Crippen LogP contribution in [-0.4, -0.2) is 18.2 Å². The lowest BCUT2D eigenvalue weighted by molar-refractivity contribution is -0.114. The molecule has 90 valence electrons. The van der Waals surface area contributed by atoms with E-state index in [2.05, 4.69) is 0 Å². The van der Waals surface area contributed by atoms with Crippen molar-refractivity contribution in [1.82, 2.24) is 0 Å². The average Bonchev–Trinajstić information content (AvgIpc) is 2.43. The first-order valence-corrected chi connectivity index (χ1v) is 6.02. The molecule has 0 N–H and O–H groups in total. The lowest BCUT2D eigenvalue weighted by Crippen LogP contribution is -2.33. The van der Waals surface area contributed by atoms with E-state index in [4.69, 9.17) is 23.2 Å². The van der Waals surface area contributed by atoms with Crippen molar-refractivity contribution in [2.45, 2.75) is 13.8 Å². The van der Waals surface area contributed by atoms with Crippen molar-refractivity contribution in [3.63, 3.8) is 0 Å². The molecule has 0 fully saturated rings. The molecule has 2 rings (SSSR count). The number of fused-ring (bicyclic) bond motifs is 1. The normalized spacial score (nSPS) is 14.8. The Kier molecular flexibility index (Phi) is 3.15. The van der Waals surface area contributed by atoms with E-state index in [1.807, 2.05) is 13.8 Å². The van der Waals surface area contributed by atoms with Crippen LogP contribution in [0, 0.1) is 5.92 Å². The van der Waals surface area contributed by atoms with E-state index in [0.717, 1.165) is 0 Å². The van der Waals surface area contributed by atoms with Crippen LogP contribution in [0.1, 0.15) is 24.2 Å². The van der Waals surface area contributed by atoms with Crippen LogP contribution in [0.25, 0.3) is 0 Å². The maximum Gasteiger partial charge on any atom is 0.299 e. The summed E-state index contributed by atoms with van der Waals surface area (Å²) in [6, 6.07) is 3.03. The standard InChI is InChI=1S/C12H11Cl2NO2/c1-6(2)5-15-10-8(11(16)12(15)17)3-7(13)4-9(10)14/h3-4,6H,5H2,1-2H3. The number of hydrogen-bond donors (Lipinski definition) is 0. The number of Topliss-reactive ketones (excluding diaryl/α,β-unsaturated/α-hetero) is 1. The van der Waals surface area contributed by atoms with E-state index in [1.54, 1.807) is 6.07 Å². The Morgan fingerprint density at radius 1 is 1.24 bits per heavy atom. The molecule has 3 nitrogen and oxygen atoms in total. The number of amides is 1. The second-order valence-corrected chi connectivity index (χ2v) is 5.27. The molecule has 0 saturated carbocycles. The van der Waals surface area contributed by atoms with Crippen molar-refractivity contribution in [2.24, 2.45) is 5.92 Å². The summed E-state index contributed by atoms with van der Waals surface area (Å²) in [5.41, 5.74) is 0.785. The monoisotopic (exact) mass is 271 g/mol. The van der Waals surface area contributed by atoms with Gasteiger partial charge in [-0.1, -0.05) is 37.0 Å². The molecule has 1 aliphatic heterocycles. The number of rotatable bonds is 2. The van der Waals surface area contributed by atoms with Crippen LogP contribution < -0.4 is 4.90 Å². The number of carbonyl (C=O) groups excluding carboxylic acids is 2. The number of halogens is 2. The minimum atomic E-state index is -0.537. The number of benzene rings is 1. The van der Waals surface area contributed by atoms with Crippen molar-refractivity contribution in [3.05, 3.63) is 27.7 Å². The second-order valence-electron chi connectivity index (χ2n) is 4.42. The highest BCUT2D eigenvalue weighted by Gasteiger charge is 2.37. The maximum absolute atomic E-state index is 11.8. The molecule has 17 heavy (non-hydrogen) atoms. The quantitative estimate of drug-likeness (QED) is 0.775. The topological polar surface area (TPSA) is 37.4 Å². The van der Waals surface area contributed by atoms with Gasteiger partial charge in [-0.2, -0.15) is 0 Å². The summed E-state index contributed by atoms with van der Waals surface area (Å²) >= 11 is 11.9. The molecule has 0 spiro atoms. The predicted octanol–water partition coefficient (Wildman–Crippen LogP) is 3.18. The fourth-order valence-corrected chi connectivity index (χ4v) is 2.49. The smallest absolute Gasteiger partial charge is 0.299 e. The summed E-state index contributed by atoms with van der Waals surface area (Å²) in [4.78, 5) is 25.1. The first-order chi connectivity index (χ1) is 7.91. The Labute approximate surface area is 109 Å². The molecule has 0 bridgehead atoms. The first kappa shape index (κ1) is 12.4. The third-order valence-electron chi connectivity index (χ3n) is 2.53. The molecular formula is C12H11Cl2NO2. The van der Waals surface area contributed by atoms with Gasteiger partial charge in [0.15, 0.2) is 0 Å². The molecule has 0 atom stereocenters. The van der Waals surface area contributed by atoms with Gasteiger partial charge in [-0.05, 0) is 18.1 Å². The number of nitrogens with zero attached hydrogens (tertiary/aromatic N) is 1. The summed E-state index contributed by atoms with van der Waals surface area (Å²) < 4.78 is 0. The summed E-state index contributed by atoms with van der Waals surface area (Å²) in [7, 11) is 0. The predicted molar refractivity (Wildman–Crippen MR) is 68.0 cm³/mol. The molecule has 1 aromatic rings. The number of anilines is 1. The SMILES string of the molecule is CC(C)CN1C(=O)C(=O)c2cc(Cl)cc(Cl)c21. The Morgan fingerprint density at radius 2 is 1.88 bits per heavy atom. The van der Waals surface area contributed by atoms with Crippen molar-refractivity contribution >= 4 is 40.6 Å². The summed E-state index contributed by atoms with van der Waals surface area (Å²) in [5, 5.41) is 0.702. The molecule has 1 aliphatic rings. The van der Waals surface area contributed by atoms with Crippen LogP contribution in [0.5, 0.6) is 0 Å². The molecule has 1 aromatic carbocycles. The average molecular weight is 272 g/mol. The summed E-state index contributed by atoms with van der Waals surface area (Å²) in [6.45, 7) is 4.41. The van der Waals surface area contributed by atoms with Crippen molar-refractivity contribution in [1.29, 1.82) is 0 Å². The van der Waals surface area contributed by atoms with E-state index in [1.165, 1.54) is 11.0 Å². The summed E-state index contributed by atoms with van der Waals surface area (Å²) in [5.74, 6) is -0.813. The van der Waals surface area contributed by atoms with Gasteiger partial charge < -0.3 is 4.90 Å². The zero-order chi connectivity index (χ0) is 12.7. The van der Waals surface area contributed by atoms with Gasteiger partial charge in [-0.15, -0.1) is 0 Å². The van der Waals surface area contributed by atoms with Gasteiger partial charge in [0, 0.05) is 11.6 Å². The first-order valence-electron chi connectivity index (χ1n) is 5.27. The molecule has 5 heteroatoms. The molecule has 1 amide bonds. The number of hydrogen-bond acceptors (Lipinski definition) is 2. The van der Waals surface area contributed by atoms with Gasteiger partial charge in [-0.25, -0.2) is 0 Å². The Bertz CT molecular complexity index is 511. The highest BCUT2D eigenvalue weighted by molar-refractivity contribution is 6.54. The Hall–Kier alpha value is -1.06. The van der Waals surface area contributed by atoms with E-state index in [0.29, 0.717) is 27.8 Å². The highest BCUT2D eigenvalue weighted by atomic mass is 35.5. The fraction of sp³-hybridized carbons (Fsp3) is 0.333. The molecule has 0 saturated heterocycles. The van der Waals surface area contributed by atoms with Crippen LogP contribution in [0.3, 0.4) is 0 Å². The van der Waals surface area contributed by atoms with Gasteiger partial charge in [0.25, 0.3) is 11.7 Å². The van der Waals surface area contributed by atoms with Crippen LogP contribution in [0.2, 0.25) is 10.0 Å². The molecular weight excluding hydrogens is 261 g/mol. The lowest BCUT2D eigenvalue weighted by Gasteiger charge is -2.19. The van der Waals surface area contributed by atoms with Crippen LogP contribution >= 0.6 is 23.2 Å². The Morgan fingerprint density at radius 3 is 2.47 bits per heavy atom. The highest BCUT2D eigenvalue weighted by Crippen LogP contribution is 2.38. The van der Waals surface area contributed by atoms with Gasteiger partial charge in [-0.3, -0.25) is 9.59 Å². The van der Waals surface area contributed by atoms with Gasteiger partial charge in [0.05, 0.1) is 16.3 Å². The van der Waals surface area contributed by atoms with Crippen LogP contribution in [-0.2, 0) is 4.79 Å². The fourth-order valence-electron chi connectivity index (χ4n) is 1.89. The van der Waals surface area contributed by atoms with Crippen molar-refractivity contribution in [2.75, 3.05) is 11.4 Å². The molecule has 0 unspecified atom stereocenters. The molecule has 1 heterocycles. The minimum Gasteiger partial charge on any atom is -0.303 e. The number of ketones is 1. The largest absolute Gasteiger partial charge is 0.303 e. The van der Waals surface area contributed by atoms with Crippen LogP contribution in [0.4, 0.5) is 5.69 Å². The lowest BCUT2D eigenvalue weighted by atomic mass is 10.1. The van der Waals surface area contributed by atoms with Crippen molar-refractivity contribution < 1.29 is 9.59 Å². The van der Waals surface area contributed by atoms with Crippen LogP contribution in [0.15, 0.2) is 12.1 Å². The van der Waals surface area contributed by atoms with Gasteiger partial charge in [0.2, 0.25) is 0 Å². The third-order valence-corrected chi connectivity index (χ3v) is 3.04. The van der Waals surface area contributed by atoms with Crippen molar-refractivity contribution in [3.8, 4) is 0 Å². The molecule has 0 radical (unpaired) electrons. The van der Waals surface area contributed by atoms with Gasteiger partial charge in [0.1, 0.15) is 0 Å². The molecule has 0 aromatic heterocycles. The van der Waals surface area contributed by atoms with Gasteiger partial charge >= 0.3 is 0 Å². The maximum atomic E-state index is 11.8. The van der Waals surface area contributed by atoms with E-state index < -0.39 is 11.7 Å². The number of carbonyl (C=O) groups is 2. The minimum absolute atomic E-state index is 0.254. The van der Waals surface area contributed by atoms with E-state index in [9.17, 15) is 9.59 Å².